The fraction of sp³-hybridized carbons (Fsp3) is 0.278. The van der Waals surface area contributed by atoms with Gasteiger partial charge in [0.2, 0.25) is 0 Å². The Morgan fingerprint density at radius 1 is 1.08 bits per heavy atom. The first-order valence-corrected chi connectivity index (χ1v) is 8.44. The average molecular weight is 384 g/mol. The number of rotatable bonds is 5. The molecule has 3 rings (SSSR count). The maximum atomic E-state index is 12.6. The molecule has 8 heteroatoms. The zero-order chi connectivity index (χ0) is 18.7. The van der Waals surface area contributed by atoms with Gasteiger partial charge in [0.1, 0.15) is 0 Å². The van der Waals surface area contributed by atoms with Crippen molar-refractivity contribution in [2.24, 2.45) is 5.92 Å². The second-order valence-electron chi connectivity index (χ2n) is 6.18. The van der Waals surface area contributed by atoms with Gasteiger partial charge in [-0.15, -0.1) is 0 Å². The van der Waals surface area contributed by atoms with Crippen molar-refractivity contribution in [1.29, 1.82) is 0 Å². The summed E-state index contributed by atoms with van der Waals surface area (Å²) in [5.74, 6) is 0.747. The van der Waals surface area contributed by atoms with Crippen molar-refractivity contribution in [3.63, 3.8) is 0 Å². The van der Waals surface area contributed by atoms with Gasteiger partial charge in [-0.2, -0.15) is 13.2 Å². The van der Waals surface area contributed by atoms with E-state index < -0.39 is 17.8 Å². The van der Waals surface area contributed by atoms with Crippen LogP contribution < -0.4 is 15.5 Å². The highest BCUT2D eigenvalue weighted by atomic mass is 35.5. The van der Waals surface area contributed by atoms with Crippen LogP contribution in [0.2, 0.25) is 0 Å². The van der Waals surface area contributed by atoms with Gasteiger partial charge in [-0.3, -0.25) is 0 Å². The number of hydrogen-bond acceptors (Lipinski definition) is 2. The number of benzene rings is 2. The van der Waals surface area contributed by atoms with Crippen LogP contribution in [0.4, 0.5) is 29.3 Å². The molecule has 0 spiro atoms. The van der Waals surface area contributed by atoms with Gasteiger partial charge >= 0.3 is 12.2 Å². The highest BCUT2D eigenvalue weighted by molar-refractivity contribution is 6.13. The van der Waals surface area contributed by atoms with E-state index in [-0.39, 0.29) is 5.69 Å². The molecule has 138 valence electrons. The molecule has 2 aromatic rings. The largest absolute Gasteiger partial charge is 0.416 e. The van der Waals surface area contributed by atoms with Crippen LogP contribution in [0.25, 0.3) is 0 Å². The fourth-order valence-corrected chi connectivity index (χ4v) is 3.11. The van der Waals surface area contributed by atoms with Crippen molar-refractivity contribution in [3.8, 4) is 0 Å². The van der Waals surface area contributed by atoms with Crippen LogP contribution in [0.1, 0.15) is 23.5 Å². The van der Waals surface area contributed by atoms with Crippen LogP contribution in [0, 0.1) is 5.92 Å². The van der Waals surface area contributed by atoms with Crippen molar-refractivity contribution < 1.29 is 18.0 Å². The van der Waals surface area contributed by atoms with E-state index in [4.69, 9.17) is 11.8 Å². The van der Waals surface area contributed by atoms with Crippen LogP contribution in [0.5, 0.6) is 0 Å². The number of halogens is 4. The Balaban J connectivity index is 1.64. The molecule has 26 heavy (non-hydrogen) atoms. The molecule has 2 atom stereocenters. The fourth-order valence-electron chi connectivity index (χ4n) is 2.91. The molecule has 1 aliphatic carbocycles. The van der Waals surface area contributed by atoms with E-state index in [2.05, 4.69) is 15.5 Å². The van der Waals surface area contributed by atoms with E-state index in [0.29, 0.717) is 24.1 Å². The molecule has 1 aliphatic rings. The molecule has 1 saturated carbocycles. The van der Waals surface area contributed by atoms with Gasteiger partial charge in [0.15, 0.2) is 0 Å². The molecule has 4 nitrogen and oxygen atoms in total. The Kier molecular flexibility index (Phi) is 5.38. The highest BCUT2D eigenvalue weighted by Gasteiger charge is 2.39. The summed E-state index contributed by atoms with van der Waals surface area (Å²) in [5, 5.41) is 5.30. The van der Waals surface area contributed by atoms with Gasteiger partial charge < -0.3 is 10.6 Å². The number of nitrogens with one attached hydrogen (secondary N) is 3. The Hall–Kier alpha value is -2.25. The molecule has 3 N–H and O–H groups in total. The van der Waals surface area contributed by atoms with Crippen LogP contribution >= 0.6 is 11.8 Å². The number of urea groups is 1. The normalized spacial score (nSPS) is 19.1. The van der Waals surface area contributed by atoms with Crippen LogP contribution in [0.3, 0.4) is 0 Å². The maximum absolute atomic E-state index is 12.6. The number of amides is 2. The van der Waals surface area contributed by atoms with Gasteiger partial charge in [-0.1, -0.05) is 18.2 Å². The van der Waals surface area contributed by atoms with Crippen molar-refractivity contribution in [2.75, 3.05) is 17.2 Å². The van der Waals surface area contributed by atoms with Gasteiger partial charge in [-0.25, -0.2) is 9.63 Å². The summed E-state index contributed by atoms with van der Waals surface area (Å²) in [4.78, 5) is 14.8. The van der Waals surface area contributed by atoms with E-state index in [0.717, 1.165) is 24.1 Å². The Morgan fingerprint density at radius 2 is 1.77 bits per heavy atom. The standard InChI is InChI=1S/C18H17ClF3N3O/c19-23-10-11-9-15(11)14-3-1-2-4-16(14)25-17(26)24-13-7-5-12(6-8-13)18(20,21)22/h1-8,11,15,23H,9-10H2,(H2,24,25,26). The molecule has 2 amide bonds. The van der Waals surface area contributed by atoms with Crippen LogP contribution in [-0.2, 0) is 6.18 Å². The molecule has 2 aromatic carbocycles. The SMILES string of the molecule is O=C(Nc1ccc(C(F)(F)F)cc1)Nc1ccccc1C1CC1CNCl. The first kappa shape index (κ1) is 18.5. The average Bonchev–Trinajstić information content (AvgIpc) is 3.34. The molecule has 0 heterocycles. The second kappa shape index (κ2) is 7.55. The van der Waals surface area contributed by atoms with E-state index >= 15 is 0 Å². The topological polar surface area (TPSA) is 53.2 Å². The van der Waals surface area contributed by atoms with Gasteiger partial charge in [0.25, 0.3) is 0 Å². The summed E-state index contributed by atoms with van der Waals surface area (Å²) in [6.45, 7) is 0.693. The predicted molar refractivity (Wildman–Crippen MR) is 95.2 cm³/mol. The summed E-state index contributed by atoms with van der Waals surface area (Å²) in [6, 6.07) is 11.2. The summed E-state index contributed by atoms with van der Waals surface area (Å²) in [7, 11) is 0. The Bertz CT molecular complexity index is 780. The minimum Gasteiger partial charge on any atom is -0.308 e. The van der Waals surface area contributed by atoms with E-state index in [9.17, 15) is 18.0 Å². The third-order valence-electron chi connectivity index (χ3n) is 4.34. The lowest BCUT2D eigenvalue weighted by Gasteiger charge is -2.13. The quantitative estimate of drug-likeness (QED) is 0.622. The third-order valence-corrected chi connectivity index (χ3v) is 4.49. The molecule has 0 radical (unpaired) electrons. The number of carbonyl (C=O) groups excluding carboxylic acids is 1. The highest BCUT2D eigenvalue weighted by Crippen LogP contribution is 2.49. The Morgan fingerprint density at radius 3 is 2.42 bits per heavy atom. The lowest BCUT2D eigenvalue weighted by molar-refractivity contribution is -0.137. The van der Waals surface area contributed by atoms with Gasteiger partial charge in [0.05, 0.1) is 5.56 Å². The van der Waals surface area contributed by atoms with Crippen molar-refractivity contribution >= 4 is 29.2 Å². The second-order valence-corrected chi connectivity index (χ2v) is 6.45. The minimum atomic E-state index is -4.40. The first-order valence-electron chi connectivity index (χ1n) is 8.06. The molecular formula is C18H17ClF3N3O. The number of anilines is 2. The molecule has 0 aliphatic heterocycles. The van der Waals surface area contributed by atoms with E-state index in [1.165, 1.54) is 12.1 Å². The molecule has 1 fully saturated rings. The van der Waals surface area contributed by atoms with Crippen LogP contribution in [-0.4, -0.2) is 12.6 Å². The monoisotopic (exact) mass is 383 g/mol. The summed E-state index contributed by atoms with van der Waals surface area (Å²) in [5.41, 5.74) is 1.22. The first-order chi connectivity index (χ1) is 12.4. The third kappa shape index (κ3) is 4.47. The molecule has 0 bridgehead atoms. The van der Waals surface area contributed by atoms with Crippen LogP contribution in [0.15, 0.2) is 48.5 Å². The molecule has 2 unspecified atom stereocenters. The summed E-state index contributed by atoms with van der Waals surface area (Å²) < 4.78 is 37.7. The molecule has 0 aromatic heterocycles. The van der Waals surface area contributed by atoms with E-state index in [1.807, 2.05) is 18.2 Å². The van der Waals surface area contributed by atoms with Crippen molar-refractivity contribution in [3.05, 3.63) is 59.7 Å². The lowest BCUT2D eigenvalue weighted by atomic mass is 10.1. The van der Waals surface area contributed by atoms with Gasteiger partial charge in [0, 0.05) is 17.9 Å². The molecule has 0 saturated heterocycles. The smallest absolute Gasteiger partial charge is 0.308 e. The number of alkyl halides is 3. The van der Waals surface area contributed by atoms with Gasteiger partial charge in [-0.05, 0) is 65.9 Å². The van der Waals surface area contributed by atoms with Crippen molar-refractivity contribution in [2.45, 2.75) is 18.5 Å². The number of carbonyl (C=O) groups is 1. The Labute approximate surface area is 153 Å². The minimum absolute atomic E-state index is 0.281. The lowest BCUT2D eigenvalue weighted by Crippen LogP contribution is -2.20. The maximum Gasteiger partial charge on any atom is 0.416 e. The predicted octanol–water partition coefficient (Wildman–Crippen LogP) is 5.20. The number of hydrogen-bond donors (Lipinski definition) is 3. The van der Waals surface area contributed by atoms with Crippen molar-refractivity contribution in [1.82, 2.24) is 4.84 Å². The zero-order valence-electron chi connectivity index (χ0n) is 13.6. The zero-order valence-corrected chi connectivity index (χ0v) is 14.4. The summed E-state index contributed by atoms with van der Waals surface area (Å²) in [6.07, 6.45) is -3.42. The number of para-hydroxylation sites is 1. The van der Waals surface area contributed by atoms with E-state index in [1.54, 1.807) is 6.07 Å². The summed E-state index contributed by atoms with van der Waals surface area (Å²) >= 11 is 5.54. The molecular weight excluding hydrogens is 367 g/mol.